The standard InChI is InChI=1S/C28H32ClN5O4/c1-27(2,3)38-26(37)32-17-28(19-7-4-8-20(29)14-19)11-9-21(10-12-28)34-25(36)22(24(30)35)15-23(33-34)18-6-5-13-31-16-18/h4-8,13-16,21H,9-12,17H2,1-3H3,(H2,30,35)(H,32,37)/t21-,28+. The summed E-state index contributed by atoms with van der Waals surface area (Å²) in [4.78, 5) is 41.9. The molecule has 9 nitrogen and oxygen atoms in total. The molecule has 0 saturated heterocycles. The molecule has 0 spiro atoms. The van der Waals surface area contributed by atoms with Crippen LogP contribution < -0.4 is 16.6 Å². The highest BCUT2D eigenvalue weighted by atomic mass is 35.5. The molecule has 10 heteroatoms. The molecule has 1 aliphatic rings. The van der Waals surface area contributed by atoms with Gasteiger partial charge in [-0.05, 0) is 82.3 Å². The molecule has 1 fully saturated rings. The first-order valence-corrected chi connectivity index (χ1v) is 12.9. The quantitative estimate of drug-likeness (QED) is 0.471. The summed E-state index contributed by atoms with van der Waals surface area (Å²) in [6.45, 7) is 5.79. The zero-order valence-electron chi connectivity index (χ0n) is 21.7. The number of carbonyl (C=O) groups excluding carboxylic acids is 2. The Bertz CT molecular complexity index is 1380. The number of pyridine rings is 1. The second kappa shape index (κ2) is 10.9. The summed E-state index contributed by atoms with van der Waals surface area (Å²) >= 11 is 6.33. The van der Waals surface area contributed by atoms with Crippen LogP contribution in [0.5, 0.6) is 0 Å². The summed E-state index contributed by atoms with van der Waals surface area (Å²) in [6, 6.07) is 12.3. The molecular weight excluding hydrogens is 506 g/mol. The number of nitrogens with two attached hydrogens (primary N) is 1. The maximum atomic E-state index is 13.2. The summed E-state index contributed by atoms with van der Waals surface area (Å²) in [5.74, 6) is -0.804. The number of aromatic nitrogens is 3. The Labute approximate surface area is 226 Å². The van der Waals surface area contributed by atoms with Crippen LogP contribution in [0.4, 0.5) is 4.79 Å². The number of rotatable bonds is 6. The van der Waals surface area contributed by atoms with Crippen molar-refractivity contribution in [2.75, 3.05) is 6.54 Å². The largest absolute Gasteiger partial charge is 0.444 e. The van der Waals surface area contributed by atoms with Crippen molar-refractivity contribution < 1.29 is 14.3 Å². The lowest BCUT2D eigenvalue weighted by Gasteiger charge is -2.41. The lowest BCUT2D eigenvalue weighted by Crippen LogP contribution is -2.46. The summed E-state index contributed by atoms with van der Waals surface area (Å²) in [5.41, 5.74) is 6.00. The zero-order valence-corrected chi connectivity index (χ0v) is 22.5. The number of alkyl carbamates (subject to hydrolysis) is 1. The van der Waals surface area contributed by atoms with E-state index in [1.807, 2.05) is 51.1 Å². The Morgan fingerprint density at radius 3 is 2.53 bits per heavy atom. The third-order valence-electron chi connectivity index (χ3n) is 6.82. The molecule has 38 heavy (non-hydrogen) atoms. The number of benzene rings is 1. The Balaban J connectivity index is 1.64. The van der Waals surface area contributed by atoms with E-state index in [-0.39, 0.29) is 11.6 Å². The van der Waals surface area contributed by atoms with Crippen molar-refractivity contribution in [2.24, 2.45) is 5.73 Å². The van der Waals surface area contributed by atoms with Gasteiger partial charge in [0.05, 0.1) is 11.7 Å². The average Bonchev–Trinajstić information content (AvgIpc) is 2.87. The zero-order chi connectivity index (χ0) is 27.5. The molecule has 4 rings (SSSR count). The van der Waals surface area contributed by atoms with Gasteiger partial charge in [0.2, 0.25) is 0 Å². The second-order valence-electron chi connectivity index (χ2n) is 10.7. The van der Waals surface area contributed by atoms with Gasteiger partial charge in [-0.3, -0.25) is 14.6 Å². The third-order valence-corrected chi connectivity index (χ3v) is 7.06. The van der Waals surface area contributed by atoms with Crippen molar-refractivity contribution in [3.8, 4) is 11.3 Å². The van der Waals surface area contributed by atoms with Crippen LogP contribution in [-0.2, 0) is 10.2 Å². The Kier molecular flexibility index (Phi) is 7.87. The van der Waals surface area contributed by atoms with Gasteiger partial charge in [-0.15, -0.1) is 0 Å². The van der Waals surface area contributed by atoms with Crippen LogP contribution in [0.1, 0.15) is 68.4 Å². The fourth-order valence-corrected chi connectivity index (χ4v) is 5.12. The number of ether oxygens (including phenoxy) is 1. The van der Waals surface area contributed by atoms with Gasteiger partial charge >= 0.3 is 6.09 Å². The van der Waals surface area contributed by atoms with E-state index in [0.717, 1.165) is 5.56 Å². The Morgan fingerprint density at radius 2 is 1.92 bits per heavy atom. The highest BCUT2D eigenvalue weighted by Crippen LogP contribution is 2.43. The molecule has 0 atom stereocenters. The number of hydrogen-bond acceptors (Lipinski definition) is 6. The molecule has 2 amide bonds. The smallest absolute Gasteiger partial charge is 0.407 e. The summed E-state index contributed by atoms with van der Waals surface area (Å²) in [7, 11) is 0. The molecule has 1 aliphatic carbocycles. The summed E-state index contributed by atoms with van der Waals surface area (Å²) < 4.78 is 6.83. The first-order valence-electron chi connectivity index (χ1n) is 12.5. The predicted octanol–water partition coefficient (Wildman–Crippen LogP) is 4.64. The van der Waals surface area contributed by atoms with Gasteiger partial charge in [0.1, 0.15) is 11.2 Å². The first-order chi connectivity index (χ1) is 18.0. The van der Waals surface area contributed by atoms with Gasteiger partial charge in [0.15, 0.2) is 0 Å². The normalized spacial score (nSPS) is 19.5. The topological polar surface area (TPSA) is 129 Å². The molecular formula is C28H32ClN5O4. The molecule has 0 radical (unpaired) electrons. The minimum atomic E-state index is -0.804. The highest BCUT2D eigenvalue weighted by molar-refractivity contribution is 6.30. The number of halogens is 1. The summed E-state index contributed by atoms with van der Waals surface area (Å²) in [6.07, 6.45) is 5.23. The van der Waals surface area contributed by atoms with Crippen molar-refractivity contribution >= 4 is 23.6 Å². The van der Waals surface area contributed by atoms with Gasteiger partial charge in [0.25, 0.3) is 11.5 Å². The van der Waals surface area contributed by atoms with Crippen LogP contribution in [0.2, 0.25) is 5.02 Å². The average molecular weight is 538 g/mol. The fourth-order valence-electron chi connectivity index (χ4n) is 4.93. The molecule has 3 N–H and O–H groups in total. The van der Waals surface area contributed by atoms with E-state index in [4.69, 9.17) is 22.1 Å². The molecule has 3 aromatic rings. The van der Waals surface area contributed by atoms with E-state index in [9.17, 15) is 14.4 Å². The third kappa shape index (κ3) is 6.22. The first kappa shape index (κ1) is 27.3. The maximum Gasteiger partial charge on any atom is 0.407 e. The predicted molar refractivity (Wildman–Crippen MR) is 145 cm³/mol. The van der Waals surface area contributed by atoms with Crippen molar-refractivity contribution in [3.63, 3.8) is 0 Å². The molecule has 1 aromatic carbocycles. The van der Waals surface area contributed by atoms with E-state index < -0.39 is 28.6 Å². The molecule has 2 heterocycles. The van der Waals surface area contributed by atoms with Crippen LogP contribution in [0, 0.1) is 0 Å². The lowest BCUT2D eigenvalue weighted by atomic mass is 9.68. The Morgan fingerprint density at radius 1 is 1.18 bits per heavy atom. The monoisotopic (exact) mass is 537 g/mol. The number of carbonyl (C=O) groups is 2. The van der Waals surface area contributed by atoms with Gasteiger partial charge in [-0.1, -0.05) is 23.7 Å². The van der Waals surface area contributed by atoms with E-state index in [0.29, 0.717) is 48.5 Å². The molecule has 0 bridgehead atoms. The SMILES string of the molecule is CC(C)(C)OC(=O)NC[C@]1(c2cccc(Cl)c2)CC[C@@H](n2nc(-c3cccnc3)cc(C(N)=O)c2=O)CC1. The van der Waals surface area contributed by atoms with Gasteiger partial charge < -0.3 is 15.8 Å². The molecule has 1 saturated carbocycles. The highest BCUT2D eigenvalue weighted by Gasteiger charge is 2.39. The number of nitrogens with one attached hydrogen (secondary N) is 1. The minimum absolute atomic E-state index is 0.114. The van der Waals surface area contributed by atoms with Gasteiger partial charge in [-0.2, -0.15) is 5.10 Å². The summed E-state index contributed by atoms with van der Waals surface area (Å²) in [5, 5.41) is 8.14. The van der Waals surface area contributed by atoms with Crippen LogP contribution in [-0.4, -0.2) is 38.9 Å². The van der Waals surface area contributed by atoms with Crippen molar-refractivity contribution in [3.05, 3.63) is 81.4 Å². The Hall–Kier alpha value is -3.72. The van der Waals surface area contributed by atoms with E-state index in [1.54, 1.807) is 18.5 Å². The van der Waals surface area contributed by atoms with Gasteiger partial charge in [-0.25, -0.2) is 9.48 Å². The van der Waals surface area contributed by atoms with Gasteiger partial charge in [0, 0.05) is 34.9 Å². The molecule has 200 valence electrons. The maximum absolute atomic E-state index is 13.2. The lowest BCUT2D eigenvalue weighted by molar-refractivity contribution is 0.0504. The van der Waals surface area contributed by atoms with E-state index in [1.165, 1.54) is 10.7 Å². The van der Waals surface area contributed by atoms with Crippen molar-refractivity contribution in [1.29, 1.82) is 0 Å². The van der Waals surface area contributed by atoms with Crippen LogP contribution in [0.3, 0.4) is 0 Å². The molecule has 0 unspecified atom stereocenters. The number of hydrogen-bond donors (Lipinski definition) is 2. The second-order valence-corrected chi connectivity index (χ2v) is 11.1. The number of nitrogens with zero attached hydrogens (tertiary/aromatic N) is 3. The van der Waals surface area contributed by atoms with Crippen LogP contribution >= 0.6 is 11.6 Å². The number of primary amides is 1. The van der Waals surface area contributed by atoms with E-state index in [2.05, 4.69) is 15.4 Å². The fraction of sp³-hybridized carbons (Fsp3) is 0.393. The van der Waals surface area contributed by atoms with Crippen molar-refractivity contribution in [2.45, 2.75) is 63.5 Å². The van der Waals surface area contributed by atoms with Crippen LogP contribution in [0.15, 0.2) is 59.7 Å². The van der Waals surface area contributed by atoms with Crippen molar-refractivity contribution in [1.82, 2.24) is 20.1 Å². The minimum Gasteiger partial charge on any atom is -0.444 e. The van der Waals surface area contributed by atoms with E-state index >= 15 is 0 Å². The van der Waals surface area contributed by atoms with Crippen LogP contribution in [0.25, 0.3) is 11.3 Å². The number of amides is 2. The molecule has 0 aliphatic heterocycles. The molecule has 2 aromatic heterocycles.